The zero-order valence-corrected chi connectivity index (χ0v) is 30.8. The molecule has 0 saturated heterocycles. The summed E-state index contributed by atoms with van der Waals surface area (Å²) in [6, 6.07) is 24.7. The fourth-order valence-corrected chi connectivity index (χ4v) is 6.00. The van der Waals surface area contributed by atoms with Crippen molar-refractivity contribution in [2.24, 2.45) is 0 Å². The first kappa shape index (κ1) is 41.4. The summed E-state index contributed by atoms with van der Waals surface area (Å²) in [5.74, 6) is 2.18. The van der Waals surface area contributed by atoms with E-state index >= 15 is 0 Å². The quantitative estimate of drug-likeness (QED) is 0.113. The second kappa shape index (κ2) is 19.1. The average molecular weight is 775 g/mol. The van der Waals surface area contributed by atoms with E-state index < -0.39 is 23.5 Å². The Morgan fingerprint density at radius 1 is 0.648 bits per heavy atom. The lowest BCUT2D eigenvalue weighted by Gasteiger charge is -2.24. The molecule has 1 N–H and O–H groups in total. The summed E-state index contributed by atoms with van der Waals surface area (Å²) in [6.45, 7) is 0.909. The second-order valence-electron chi connectivity index (χ2n) is 11.7. The summed E-state index contributed by atoms with van der Waals surface area (Å²) in [6.07, 6.45) is -7.41. The highest BCUT2D eigenvalue weighted by molar-refractivity contribution is 7.10. The summed E-state index contributed by atoms with van der Waals surface area (Å²) < 4.78 is 96.9. The van der Waals surface area contributed by atoms with Crippen LogP contribution >= 0.6 is 11.3 Å². The van der Waals surface area contributed by atoms with Crippen LogP contribution in [0.15, 0.2) is 102 Å². The Labute approximate surface area is 314 Å². The fraction of sp³-hybridized carbons (Fsp3) is 0.275. The number of nitrogens with one attached hydrogen (secondary N) is 1. The predicted molar refractivity (Wildman–Crippen MR) is 198 cm³/mol. The summed E-state index contributed by atoms with van der Waals surface area (Å²) in [7, 11) is 6.17. The number of alkyl halides is 6. The molecule has 7 nitrogen and oxygen atoms in total. The number of amides is 1. The van der Waals surface area contributed by atoms with Gasteiger partial charge in [-0.05, 0) is 83.9 Å². The van der Waals surface area contributed by atoms with Crippen LogP contribution in [0.2, 0.25) is 0 Å². The molecule has 0 saturated carbocycles. The van der Waals surface area contributed by atoms with Gasteiger partial charge in [-0.1, -0.05) is 30.3 Å². The maximum Gasteiger partial charge on any atom is 0.416 e. The molecular weight excluding hydrogens is 735 g/mol. The van der Waals surface area contributed by atoms with E-state index in [1.165, 1.54) is 49.8 Å². The van der Waals surface area contributed by atoms with E-state index in [9.17, 15) is 31.1 Å². The number of anilines is 2. The fourth-order valence-electron chi connectivity index (χ4n) is 5.31. The third-order valence-electron chi connectivity index (χ3n) is 8.20. The van der Waals surface area contributed by atoms with Crippen LogP contribution in [0, 0.1) is 0 Å². The third kappa shape index (κ3) is 11.8. The highest BCUT2D eigenvalue weighted by Gasteiger charge is 2.30. The Hall–Kier alpha value is -5.37. The first-order chi connectivity index (χ1) is 25.7. The molecule has 0 aliphatic carbocycles. The van der Waals surface area contributed by atoms with Crippen molar-refractivity contribution in [3.05, 3.63) is 130 Å². The van der Waals surface area contributed by atoms with Crippen molar-refractivity contribution in [1.82, 2.24) is 0 Å². The standard InChI is InChI=1S/C23H22F3NO3S.C17H18F3NO2/c1-29-20-10-9-18(14-21(20)30-2)27(22(28)15-19-4-3-13-31-19)12-11-16-5-7-17(8-6-16)23(24,25)26;1-22-15-8-7-14(11-16(15)23-2)21-10-9-12-3-5-13(6-4-12)17(18,19)20/h3-10,13-14H,11-12,15H2,1-2H3;3-8,11,21H,9-10H2,1-2H3. The smallest absolute Gasteiger partial charge is 0.416 e. The second-order valence-corrected chi connectivity index (χ2v) is 12.8. The molecule has 5 rings (SSSR count). The van der Waals surface area contributed by atoms with Crippen LogP contribution in [0.4, 0.5) is 37.7 Å². The van der Waals surface area contributed by atoms with E-state index in [1.54, 1.807) is 43.4 Å². The van der Waals surface area contributed by atoms with Crippen LogP contribution in [0.5, 0.6) is 23.0 Å². The summed E-state index contributed by atoms with van der Waals surface area (Å²) in [4.78, 5) is 15.6. The van der Waals surface area contributed by atoms with Crippen molar-refractivity contribution in [2.45, 2.75) is 31.6 Å². The molecule has 1 amide bonds. The number of benzene rings is 4. The van der Waals surface area contributed by atoms with Gasteiger partial charge in [0.2, 0.25) is 5.91 Å². The number of hydrogen-bond donors (Lipinski definition) is 1. The molecule has 0 aliphatic rings. The highest BCUT2D eigenvalue weighted by atomic mass is 32.1. The SMILES string of the molecule is COc1ccc(N(CCc2ccc(C(F)(F)F)cc2)C(=O)Cc2cccs2)cc1OC.COc1ccc(NCCc2ccc(C(F)(F)F)cc2)cc1OC. The maximum absolute atomic E-state index is 13.1. The topological polar surface area (TPSA) is 69.3 Å². The van der Waals surface area contributed by atoms with Gasteiger partial charge in [0.05, 0.1) is 46.0 Å². The lowest BCUT2D eigenvalue weighted by molar-refractivity contribution is -0.138. The van der Waals surface area contributed by atoms with E-state index in [1.807, 2.05) is 29.6 Å². The Morgan fingerprint density at radius 3 is 1.67 bits per heavy atom. The van der Waals surface area contributed by atoms with Gasteiger partial charge in [0, 0.05) is 41.5 Å². The van der Waals surface area contributed by atoms with Gasteiger partial charge in [0.15, 0.2) is 23.0 Å². The minimum Gasteiger partial charge on any atom is -0.493 e. The first-order valence-corrected chi connectivity index (χ1v) is 17.5. The highest BCUT2D eigenvalue weighted by Crippen LogP contribution is 2.34. The van der Waals surface area contributed by atoms with Crippen LogP contribution in [0.25, 0.3) is 0 Å². The zero-order chi connectivity index (χ0) is 39.3. The molecule has 0 fully saturated rings. The lowest BCUT2D eigenvalue weighted by atomic mass is 10.1. The molecule has 14 heteroatoms. The summed E-state index contributed by atoms with van der Waals surface area (Å²) >= 11 is 1.50. The molecule has 5 aromatic rings. The van der Waals surface area contributed by atoms with Crippen LogP contribution in [0.1, 0.15) is 27.1 Å². The molecule has 0 aliphatic heterocycles. The van der Waals surface area contributed by atoms with Gasteiger partial charge in [0.25, 0.3) is 0 Å². The van der Waals surface area contributed by atoms with E-state index in [-0.39, 0.29) is 12.3 Å². The van der Waals surface area contributed by atoms with Gasteiger partial charge < -0.3 is 29.2 Å². The Morgan fingerprint density at radius 2 is 1.17 bits per heavy atom. The minimum absolute atomic E-state index is 0.110. The van der Waals surface area contributed by atoms with Crippen molar-refractivity contribution in [3.8, 4) is 23.0 Å². The Bertz CT molecular complexity index is 1920. The number of carbonyl (C=O) groups is 1. The first-order valence-electron chi connectivity index (χ1n) is 16.6. The number of rotatable bonds is 14. The van der Waals surface area contributed by atoms with E-state index in [0.717, 1.165) is 40.4 Å². The van der Waals surface area contributed by atoms with E-state index in [2.05, 4.69) is 5.32 Å². The van der Waals surface area contributed by atoms with Crippen LogP contribution in [0.3, 0.4) is 0 Å². The number of halogens is 6. The minimum atomic E-state index is -4.37. The molecular formula is C40H40F6N2O5S. The number of thiophene rings is 1. The molecule has 0 unspecified atom stereocenters. The molecule has 0 atom stereocenters. The van der Waals surface area contributed by atoms with Gasteiger partial charge in [-0.3, -0.25) is 4.79 Å². The van der Waals surface area contributed by atoms with Gasteiger partial charge >= 0.3 is 12.4 Å². The van der Waals surface area contributed by atoms with Crippen molar-refractivity contribution >= 4 is 28.6 Å². The Kier molecular flexibility index (Phi) is 14.6. The number of hydrogen-bond acceptors (Lipinski definition) is 7. The number of nitrogens with zero attached hydrogens (tertiary/aromatic N) is 1. The molecule has 54 heavy (non-hydrogen) atoms. The zero-order valence-electron chi connectivity index (χ0n) is 30.0. The van der Waals surface area contributed by atoms with Gasteiger partial charge in [-0.2, -0.15) is 26.3 Å². The molecule has 4 aromatic carbocycles. The van der Waals surface area contributed by atoms with Crippen molar-refractivity contribution in [3.63, 3.8) is 0 Å². The van der Waals surface area contributed by atoms with Crippen LogP contribution in [-0.4, -0.2) is 47.4 Å². The third-order valence-corrected chi connectivity index (χ3v) is 9.07. The van der Waals surface area contributed by atoms with Crippen molar-refractivity contribution in [2.75, 3.05) is 51.7 Å². The number of carbonyl (C=O) groups excluding carboxylic acids is 1. The molecule has 1 aromatic heterocycles. The monoisotopic (exact) mass is 774 g/mol. The summed E-state index contributed by atoms with van der Waals surface area (Å²) in [5.41, 5.74) is 1.71. The lowest BCUT2D eigenvalue weighted by Crippen LogP contribution is -2.34. The predicted octanol–water partition coefficient (Wildman–Crippen LogP) is 9.98. The number of ether oxygens (including phenoxy) is 4. The Balaban J connectivity index is 0.000000252. The van der Waals surface area contributed by atoms with E-state index in [0.29, 0.717) is 60.2 Å². The molecule has 0 spiro atoms. The van der Waals surface area contributed by atoms with Gasteiger partial charge in [0.1, 0.15) is 0 Å². The largest absolute Gasteiger partial charge is 0.493 e. The van der Waals surface area contributed by atoms with Gasteiger partial charge in [-0.25, -0.2) is 0 Å². The van der Waals surface area contributed by atoms with Crippen LogP contribution < -0.4 is 29.2 Å². The van der Waals surface area contributed by atoms with E-state index in [4.69, 9.17) is 18.9 Å². The molecule has 0 radical (unpaired) electrons. The van der Waals surface area contributed by atoms with Crippen molar-refractivity contribution < 1.29 is 50.1 Å². The number of methoxy groups -OCH3 is 4. The van der Waals surface area contributed by atoms with Gasteiger partial charge in [-0.15, -0.1) is 11.3 Å². The molecule has 288 valence electrons. The van der Waals surface area contributed by atoms with Crippen molar-refractivity contribution in [1.29, 1.82) is 0 Å². The maximum atomic E-state index is 13.1. The average Bonchev–Trinajstić information content (AvgIpc) is 3.67. The summed E-state index contributed by atoms with van der Waals surface area (Å²) in [5, 5.41) is 5.11. The normalized spacial score (nSPS) is 11.2. The molecule has 1 heterocycles. The van der Waals surface area contributed by atoms with Crippen LogP contribution in [-0.2, 0) is 36.4 Å². The molecule has 0 bridgehead atoms.